The third-order valence-corrected chi connectivity index (χ3v) is 4.75. The molecule has 1 heterocycles. The van der Waals surface area contributed by atoms with Gasteiger partial charge in [0.15, 0.2) is 0 Å². The number of rotatable bonds is 3. The summed E-state index contributed by atoms with van der Waals surface area (Å²) < 4.78 is 28.2. The molecule has 1 aliphatic heterocycles. The van der Waals surface area contributed by atoms with E-state index in [1.807, 2.05) is 6.07 Å². The molecule has 102 valence electrons. The first kappa shape index (κ1) is 14.1. The molecule has 0 aromatic heterocycles. The lowest BCUT2D eigenvalue weighted by Gasteiger charge is -2.26. The second-order valence-electron chi connectivity index (χ2n) is 4.37. The molecule has 0 spiro atoms. The second kappa shape index (κ2) is 5.78. The molecule has 1 N–H and O–H groups in total. The summed E-state index contributed by atoms with van der Waals surface area (Å²) in [4.78, 5) is 0. The van der Waals surface area contributed by atoms with Gasteiger partial charge in [-0.2, -0.15) is 18.0 Å². The molecule has 0 unspecified atom stereocenters. The van der Waals surface area contributed by atoms with E-state index in [0.29, 0.717) is 18.1 Å². The Kier molecular flexibility index (Phi) is 4.30. The van der Waals surface area contributed by atoms with E-state index < -0.39 is 10.2 Å². The van der Waals surface area contributed by atoms with Crippen molar-refractivity contribution in [1.82, 2.24) is 4.31 Å². The van der Waals surface area contributed by atoms with Crippen LogP contribution in [0.1, 0.15) is 24.8 Å². The lowest BCUT2D eigenvalue weighted by Crippen LogP contribution is -2.39. The SMILES string of the molecule is N#Cc1ccc(Cl)cc1NS(=O)(=O)N1CCCCC1. The van der Waals surface area contributed by atoms with Gasteiger partial charge in [0.05, 0.1) is 11.3 Å². The Morgan fingerprint density at radius 1 is 1.26 bits per heavy atom. The first-order valence-corrected chi connectivity index (χ1v) is 7.82. The Morgan fingerprint density at radius 3 is 2.58 bits per heavy atom. The van der Waals surface area contributed by atoms with E-state index in [0.717, 1.165) is 19.3 Å². The molecule has 0 atom stereocenters. The summed E-state index contributed by atoms with van der Waals surface area (Å²) in [6.45, 7) is 1.02. The van der Waals surface area contributed by atoms with E-state index >= 15 is 0 Å². The summed E-state index contributed by atoms with van der Waals surface area (Å²) in [6, 6.07) is 6.44. The maximum Gasteiger partial charge on any atom is 0.301 e. The summed E-state index contributed by atoms with van der Waals surface area (Å²) in [5, 5.41) is 9.36. The van der Waals surface area contributed by atoms with Crippen LogP contribution >= 0.6 is 11.6 Å². The van der Waals surface area contributed by atoms with Crippen molar-refractivity contribution in [2.75, 3.05) is 17.8 Å². The number of halogens is 1. The topological polar surface area (TPSA) is 73.2 Å². The zero-order valence-corrected chi connectivity index (χ0v) is 11.8. The quantitative estimate of drug-likeness (QED) is 0.931. The van der Waals surface area contributed by atoms with Crippen LogP contribution in [0.15, 0.2) is 18.2 Å². The molecule has 1 saturated heterocycles. The standard InChI is InChI=1S/C12H14ClN3O2S/c13-11-5-4-10(9-14)12(8-11)15-19(17,18)16-6-2-1-3-7-16/h4-5,8,15H,1-3,6-7H2. The summed E-state index contributed by atoms with van der Waals surface area (Å²) in [5.41, 5.74) is 0.477. The first-order chi connectivity index (χ1) is 9.03. The van der Waals surface area contributed by atoms with Crippen LogP contribution in [0.4, 0.5) is 5.69 Å². The van der Waals surface area contributed by atoms with Gasteiger partial charge in [-0.25, -0.2) is 0 Å². The first-order valence-electron chi connectivity index (χ1n) is 6.00. The van der Waals surface area contributed by atoms with E-state index in [1.165, 1.54) is 16.4 Å². The minimum absolute atomic E-state index is 0.223. The number of anilines is 1. The molecule has 1 aromatic rings. The van der Waals surface area contributed by atoms with Crippen LogP contribution in [0.25, 0.3) is 0 Å². The van der Waals surface area contributed by atoms with E-state index in [2.05, 4.69) is 4.72 Å². The van der Waals surface area contributed by atoms with Crippen LogP contribution in [-0.2, 0) is 10.2 Å². The number of benzene rings is 1. The molecule has 19 heavy (non-hydrogen) atoms. The summed E-state index contributed by atoms with van der Waals surface area (Å²) in [6.07, 6.45) is 2.77. The van der Waals surface area contributed by atoms with Gasteiger partial charge in [-0.3, -0.25) is 4.72 Å². The van der Waals surface area contributed by atoms with Gasteiger partial charge in [-0.15, -0.1) is 0 Å². The van der Waals surface area contributed by atoms with Gasteiger partial charge in [0, 0.05) is 18.1 Å². The smallest absolute Gasteiger partial charge is 0.270 e. The fourth-order valence-corrected chi connectivity index (χ4v) is 3.49. The van der Waals surface area contributed by atoms with Gasteiger partial charge in [-0.05, 0) is 31.0 Å². The van der Waals surface area contributed by atoms with Gasteiger partial charge in [0.25, 0.3) is 0 Å². The van der Waals surface area contributed by atoms with Crippen LogP contribution in [0.2, 0.25) is 5.02 Å². The van der Waals surface area contributed by atoms with Gasteiger partial charge < -0.3 is 0 Å². The molecule has 0 radical (unpaired) electrons. The number of nitrogens with zero attached hydrogens (tertiary/aromatic N) is 2. The summed E-state index contributed by atoms with van der Waals surface area (Å²) >= 11 is 5.83. The van der Waals surface area contributed by atoms with Gasteiger partial charge in [0.1, 0.15) is 6.07 Å². The van der Waals surface area contributed by atoms with E-state index in [-0.39, 0.29) is 11.3 Å². The maximum absolute atomic E-state index is 12.2. The highest BCUT2D eigenvalue weighted by atomic mass is 35.5. The number of piperidine rings is 1. The molecule has 0 amide bonds. The Bertz CT molecular complexity index is 604. The summed E-state index contributed by atoms with van der Waals surface area (Å²) in [7, 11) is -3.61. The van der Waals surface area contributed by atoms with Crippen LogP contribution in [0.5, 0.6) is 0 Å². The average molecular weight is 300 g/mol. The normalized spacial score (nSPS) is 16.8. The molecule has 1 fully saturated rings. The van der Waals surface area contributed by atoms with Gasteiger partial charge in [-0.1, -0.05) is 18.0 Å². The van der Waals surface area contributed by atoms with Crippen molar-refractivity contribution in [2.45, 2.75) is 19.3 Å². The Labute approximate surface area is 118 Å². The molecule has 2 rings (SSSR count). The average Bonchev–Trinajstić information content (AvgIpc) is 2.39. The number of nitriles is 1. The zero-order chi connectivity index (χ0) is 13.9. The van der Waals surface area contributed by atoms with Crippen LogP contribution in [0, 0.1) is 11.3 Å². The molecule has 0 aliphatic carbocycles. The van der Waals surface area contributed by atoms with Crippen LogP contribution < -0.4 is 4.72 Å². The number of nitrogens with one attached hydrogen (secondary N) is 1. The fourth-order valence-electron chi connectivity index (χ4n) is 2.01. The summed E-state index contributed by atoms with van der Waals surface area (Å²) in [5.74, 6) is 0. The Morgan fingerprint density at radius 2 is 1.95 bits per heavy atom. The highest BCUT2D eigenvalue weighted by Gasteiger charge is 2.24. The van der Waals surface area contributed by atoms with E-state index in [9.17, 15) is 8.42 Å². The molecule has 7 heteroatoms. The lowest BCUT2D eigenvalue weighted by atomic mass is 10.2. The minimum atomic E-state index is -3.61. The zero-order valence-electron chi connectivity index (χ0n) is 10.3. The molecule has 0 bridgehead atoms. The lowest BCUT2D eigenvalue weighted by molar-refractivity contribution is 0.349. The van der Waals surface area contributed by atoms with Crippen molar-refractivity contribution in [3.63, 3.8) is 0 Å². The number of hydrogen-bond donors (Lipinski definition) is 1. The molecule has 1 aliphatic rings. The highest BCUT2D eigenvalue weighted by Crippen LogP contribution is 2.23. The molecular weight excluding hydrogens is 286 g/mol. The van der Waals surface area contributed by atoms with Crippen molar-refractivity contribution in [3.8, 4) is 6.07 Å². The molecule has 5 nitrogen and oxygen atoms in total. The van der Waals surface area contributed by atoms with Crippen molar-refractivity contribution in [2.24, 2.45) is 0 Å². The second-order valence-corrected chi connectivity index (χ2v) is 6.48. The third kappa shape index (κ3) is 3.38. The number of hydrogen-bond acceptors (Lipinski definition) is 3. The monoisotopic (exact) mass is 299 g/mol. The predicted octanol–water partition coefficient (Wildman–Crippen LogP) is 2.35. The highest BCUT2D eigenvalue weighted by molar-refractivity contribution is 7.90. The van der Waals surface area contributed by atoms with Crippen molar-refractivity contribution in [1.29, 1.82) is 5.26 Å². The molecule has 1 aromatic carbocycles. The van der Waals surface area contributed by atoms with Crippen molar-refractivity contribution in [3.05, 3.63) is 28.8 Å². The third-order valence-electron chi connectivity index (χ3n) is 3.00. The molecule has 0 saturated carbocycles. The maximum atomic E-state index is 12.2. The molecular formula is C12H14ClN3O2S. The van der Waals surface area contributed by atoms with Crippen molar-refractivity contribution >= 4 is 27.5 Å². The minimum Gasteiger partial charge on any atom is -0.270 e. The van der Waals surface area contributed by atoms with E-state index in [1.54, 1.807) is 6.07 Å². The Balaban J connectivity index is 2.25. The van der Waals surface area contributed by atoms with Crippen molar-refractivity contribution < 1.29 is 8.42 Å². The van der Waals surface area contributed by atoms with Gasteiger partial charge >= 0.3 is 10.2 Å². The predicted molar refractivity (Wildman–Crippen MR) is 74.1 cm³/mol. The largest absolute Gasteiger partial charge is 0.301 e. The van der Waals surface area contributed by atoms with E-state index in [4.69, 9.17) is 16.9 Å². The Hall–Kier alpha value is -1.29. The van der Waals surface area contributed by atoms with Gasteiger partial charge in [0.2, 0.25) is 0 Å². The van der Waals surface area contributed by atoms with Crippen LogP contribution in [-0.4, -0.2) is 25.8 Å². The fraction of sp³-hybridized carbons (Fsp3) is 0.417. The van der Waals surface area contributed by atoms with Crippen LogP contribution in [0.3, 0.4) is 0 Å².